The van der Waals surface area contributed by atoms with Crippen molar-refractivity contribution in [1.29, 1.82) is 0 Å². The van der Waals surface area contributed by atoms with Gasteiger partial charge < -0.3 is 11.1 Å². The Morgan fingerprint density at radius 2 is 1.78 bits per heavy atom. The number of fused-ring (bicyclic) bond motifs is 3. The first-order chi connectivity index (χ1) is 17.6. The lowest BCUT2D eigenvalue weighted by Crippen LogP contribution is -2.28. The van der Waals surface area contributed by atoms with Gasteiger partial charge in [-0.05, 0) is 41.5 Å². The molecule has 0 spiro atoms. The summed E-state index contributed by atoms with van der Waals surface area (Å²) >= 11 is 0. The van der Waals surface area contributed by atoms with Crippen molar-refractivity contribution in [3.8, 4) is 11.1 Å². The van der Waals surface area contributed by atoms with E-state index in [4.69, 9.17) is 5.73 Å². The van der Waals surface area contributed by atoms with E-state index in [-0.39, 0.29) is 22.0 Å². The highest BCUT2D eigenvalue weighted by Crippen LogP contribution is 2.31. The highest BCUT2D eigenvalue weighted by atomic mass is 19.4. The molecule has 0 aliphatic heterocycles. The summed E-state index contributed by atoms with van der Waals surface area (Å²) in [5.41, 5.74) is 6.50. The Kier molecular flexibility index (Phi) is 5.75. The van der Waals surface area contributed by atoms with Gasteiger partial charge in [-0.2, -0.15) is 18.3 Å². The summed E-state index contributed by atoms with van der Waals surface area (Å²) in [4.78, 5) is 37.5. The number of halogens is 3. The number of carbonyl (C=O) groups excluding carboxylic acids is 2. The molecular weight excluding hydrogens is 487 g/mol. The van der Waals surface area contributed by atoms with E-state index < -0.39 is 30.1 Å². The van der Waals surface area contributed by atoms with Crippen molar-refractivity contribution < 1.29 is 22.8 Å². The van der Waals surface area contributed by atoms with Crippen LogP contribution in [0, 0.1) is 0 Å². The van der Waals surface area contributed by atoms with Crippen LogP contribution < -0.4 is 16.6 Å². The Hall–Kier alpha value is -4.93. The molecule has 0 bridgehead atoms. The fourth-order valence-electron chi connectivity index (χ4n) is 4.26. The summed E-state index contributed by atoms with van der Waals surface area (Å²) in [7, 11) is 0. The van der Waals surface area contributed by atoms with Crippen molar-refractivity contribution in [2.24, 2.45) is 5.73 Å². The molecule has 0 saturated carbocycles. The van der Waals surface area contributed by atoms with Crippen molar-refractivity contribution in [2.75, 3.05) is 5.32 Å². The average Bonchev–Trinajstić information content (AvgIpc) is 3.36. The number of aromatic amines is 1. The number of pyridine rings is 1. The lowest BCUT2D eigenvalue weighted by Gasteiger charge is -2.16. The number of carbonyl (C=O) groups is 2. The first-order valence-electron chi connectivity index (χ1n) is 11.0. The average molecular weight is 505 g/mol. The molecule has 2 aromatic heterocycles. The highest BCUT2D eigenvalue weighted by molar-refractivity contribution is 6.10. The number of benzene rings is 3. The zero-order chi connectivity index (χ0) is 26.3. The SMILES string of the molecule is NC(=O)c1cccc(NC(=O)c2ccccc2-c2ccc3c4[nH]ncc4c(=O)n(CC(F)(F)F)c3c2)c1. The van der Waals surface area contributed by atoms with Crippen LogP contribution in [0.15, 0.2) is 77.7 Å². The summed E-state index contributed by atoms with van der Waals surface area (Å²) < 4.78 is 40.8. The molecule has 0 aliphatic rings. The number of rotatable bonds is 5. The van der Waals surface area contributed by atoms with Crippen LogP contribution in [0.2, 0.25) is 0 Å². The molecular formula is C26H18F3N5O3. The van der Waals surface area contributed by atoms with Gasteiger partial charge in [-0.25, -0.2) is 0 Å². The lowest BCUT2D eigenvalue weighted by atomic mass is 9.97. The maximum absolute atomic E-state index is 13.4. The number of nitrogens with zero attached hydrogens (tertiary/aromatic N) is 2. The molecule has 0 atom stereocenters. The molecule has 0 aliphatic carbocycles. The summed E-state index contributed by atoms with van der Waals surface area (Å²) in [6.45, 7) is -1.48. The minimum atomic E-state index is -4.64. The molecule has 0 saturated heterocycles. The fraction of sp³-hybridized carbons (Fsp3) is 0.0769. The molecule has 2 amide bonds. The highest BCUT2D eigenvalue weighted by Gasteiger charge is 2.30. The quantitative estimate of drug-likeness (QED) is 0.326. The van der Waals surface area contributed by atoms with Gasteiger partial charge in [0.05, 0.1) is 22.6 Å². The normalized spacial score (nSPS) is 11.6. The van der Waals surface area contributed by atoms with Gasteiger partial charge in [0.2, 0.25) is 5.91 Å². The summed E-state index contributed by atoms with van der Waals surface area (Å²) in [5, 5.41) is 9.64. The monoisotopic (exact) mass is 505 g/mol. The molecule has 11 heteroatoms. The van der Waals surface area contributed by atoms with Gasteiger partial charge in [-0.15, -0.1) is 0 Å². The zero-order valence-corrected chi connectivity index (χ0v) is 19.0. The van der Waals surface area contributed by atoms with E-state index in [0.29, 0.717) is 32.3 Å². The molecule has 186 valence electrons. The molecule has 5 rings (SSSR count). The van der Waals surface area contributed by atoms with Crippen LogP contribution >= 0.6 is 0 Å². The molecule has 0 radical (unpaired) electrons. The first-order valence-corrected chi connectivity index (χ1v) is 11.0. The second kappa shape index (κ2) is 8.94. The van der Waals surface area contributed by atoms with Crippen LogP contribution in [-0.2, 0) is 6.54 Å². The van der Waals surface area contributed by atoms with Gasteiger partial charge in [0.1, 0.15) is 6.54 Å². The van der Waals surface area contributed by atoms with Crippen molar-refractivity contribution in [3.63, 3.8) is 0 Å². The van der Waals surface area contributed by atoms with E-state index in [2.05, 4.69) is 15.5 Å². The third-order valence-electron chi connectivity index (χ3n) is 5.90. The second-order valence-electron chi connectivity index (χ2n) is 8.34. The predicted octanol–water partition coefficient (Wildman–Crippen LogP) is 4.46. The zero-order valence-electron chi connectivity index (χ0n) is 19.0. The van der Waals surface area contributed by atoms with Crippen molar-refractivity contribution >= 4 is 39.3 Å². The van der Waals surface area contributed by atoms with Crippen LogP contribution in [0.1, 0.15) is 20.7 Å². The molecule has 3 aromatic carbocycles. The molecule has 0 fully saturated rings. The van der Waals surface area contributed by atoms with Crippen LogP contribution in [0.4, 0.5) is 18.9 Å². The van der Waals surface area contributed by atoms with E-state index in [0.717, 1.165) is 0 Å². The number of nitrogens with two attached hydrogens (primary N) is 1. The van der Waals surface area contributed by atoms with E-state index in [1.54, 1.807) is 48.5 Å². The number of hydrogen-bond donors (Lipinski definition) is 3. The van der Waals surface area contributed by atoms with Gasteiger partial charge >= 0.3 is 6.18 Å². The molecule has 37 heavy (non-hydrogen) atoms. The Labute approximate surface area is 206 Å². The number of amides is 2. The smallest absolute Gasteiger partial charge is 0.366 e. The topological polar surface area (TPSA) is 123 Å². The number of H-pyrrole nitrogens is 1. The van der Waals surface area contributed by atoms with E-state index in [9.17, 15) is 27.6 Å². The number of primary amides is 1. The number of aromatic nitrogens is 3. The third kappa shape index (κ3) is 4.54. The first kappa shape index (κ1) is 23.8. The Balaban J connectivity index is 1.63. The standard InChI is InChI=1S/C26H18F3N5O3/c27-26(28,29)13-34-21-11-14(8-9-19(21)22-20(25(34)37)12-31-33-22)17-6-1-2-7-18(17)24(36)32-16-5-3-4-15(10-16)23(30)35/h1-12H,13H2,(H2,30,35)(H,31,33)(H,32,36). The number of nitrogens with one attached hydrogen (secondary N) is 2. The number of anilines is 1. The van der Waals surface area contributed by atoms with Gasteiger partial charge in [-0.3, -0.25) is 24.0 Å². The van der Waals surface area contributed by atoms with Crippen molar-refractivity contribution in [1.82, 2.24) is 14.8 Å². The van der Waals surface area contributed by atoms with E-state index in [1.165, 1.54) is 24.4 Å². The van der Waals surface area contributed by atoms with E-state index in [1.807, 2.05) is 0 Å². The Bertz CT molecular complexity index is 1750. The van der Waals surface area contributed by atoms with E-state index >= 15 is 0 Å². The summed E-state index contributed by atoms with van der Waals surface area (Å²) in [6, 6.07) is 17.3. The summed E-state index contributed by atoms with van der Waals surface area (Å²) in [5.74, 6) is -1.15. The Morgan fingerprint density at radius 3 is 2.54 bits per heavy atom. The molecule has 4 N–H and O–H groups in total. The molecule has 2 heterocycles. The van der Waals surface area contributed by atoms with Crippen molar-refractivity contribution in [2.45, 2.75) is 12.7 Å². The number of hydrogen-bond acceptors (Lipinski definition) is 4. The Morgan fingerprint density at radius 1 is 1.00 bits per heavy atom. The second-order valence-corrected chi connectivity index (χ2v) is 8.34. The van der Waals surface area contributed by atoms with Crippen LogP contribution in [0.25, 0.3) is 32.9 Å². The van der Waals surface area contributed by atoms with Gasteiger partial charge in [0.15, 0.2) is 0 Å². The maximum atomic E-state index is 13.4. The van der Waals surface area contributed by atoms with Crippen LogP contribution in [0.5, 0.6) is 0 Å². The molecule has 8 nitrogen and oxygen atoms in total. The minimum absolute atomic E-state index is 0.0425. The van der Waals surface area contributed by atoms with Gasteiger partial charge in [-0.1, -0.05) is 36.4 Å². The predicted molar refractivity (Wildman–Crippen MR) is 132 cm³/mol. The minimum Gasteiger partial charge on any atom is -0.366 e. The van der Waals surface area contributed by atoms with Crippen LogP contribution in [-0.4, -0.2) is 32.8 Å². The molecule has 5 aromatic rings. The molecule has 0 unspecified atom stereocenters. The fourth-order valence-corrected chi connectivity index (χ4v) is 4.26. The van der Waals surface area contributed by atoms with Crippen LogP contribution in [0.3, 0.4) is 0 Å². The van der Waals surface area contributed by atoms with Gasteiger partial charge in [0, 0.05) is 22.2 Å². The van der Waals surface area contributed by atoms with Gasteiger partial charge in [0.25, 0.3) is 11.5 Å². The van der Waals surface area contributed by atoms with Crippen molar-refractivity contribution in [3.05, 3.63) is 94.4 Å². The summed E-state index contributed by atoms with van der Waals surface area (Å²) in [6.07, 6.45) is -3.44. The third-order valence-corrected chi connectivity index (χ3v) is 5.90. The maximum Gasteiger partial charge on any atom is 0.406 e. The largest absolute Gasteiger partial charge is 0.406 e. The lowest BCUT2D eigenvalue weighted by molar-refractivity contribution is -0.140. The number of alkyl halides is 3.